The van der Waals surface area contributed by atoms with Gasteiger partial charge in [0.25, 0.3) is 5.69 Å². The van der Waals surface area contributed by atoms with Crippen molar-refractivity contribution in [2.75, 3.05) is 0 Å². The SMILES string of the molecule is O=[N+]([O-])c1cccc(C=CS(=O)Cc2ccc(Cl)cc2)c1. The molecule has 0 saturated carbocycles. The summed E-state index contributed by atoms with van der Waals surface area (Å²) in [5, 5.41) is 12.8. The van der Waals surface area contributed by atoms with Crippen LogP contribution in [0.15, 0.2) is 53.9 Å². The van der Waals surface area contributed by atoms with Gasteiger partial charge in [0.2, 0.25) is 0 Å². The maximum absolute atomic E-state index is 11.9. The monoisotopic (exact) mass is 321 g/mol. The number of nitrogens with zero attached hydrogens (tertiary/aromatic N) is 1. The maximum atomic E-state index is 11.9. The lowest BCUT2D eigenvalue weighted by molar-refractivity contribution is -0.384. The minimum atomic E-state index is -1.19. The third-order valence-corrected chi connectivity index (χ3v) is 4.02. The fourth-order valence-corrected chi connectivity index (χ4v) is 2.74. The molecule has 0 radical (unpaired) electrons. The molecule has 0 aliphatic heterocycles. The molecule has 6 heteroatoms. The molecule has 108 valence electrons. The van der Waals surface area contributed by atoms with Crippen molar-refractivity contribution in [2.24, 2.45) is 0 Å². The lowest BCUT2D eigenvalue weighted by atomic mass is 10.2. The Bertz CT molecular complexity index is 698. The summed E-state index contributed by atoms with van der Waals surface area (Å²) in [5.74, 6) is 0.378. The normalized spacial score (nSPS) is 12.4. The smallest absolute Gasteiger partial charge is 0.258 e. The van der Waals surface area contributed by atoms with Crippen molar-refractivity contribution in [1.82, 2.24) is 0 Å². The van der Waals surface area contributed by atoms with E-state index in [1.54, 1.807) is 30.3 Å². The van der Waals surface area contributed by atoms with Gasteiger partial charge in [-0.15, -0.1) is 0 Å². The molecule has 0 aromatic heterocycles. The summed E-state index contributed by atoms with van der Waals surface area (Å²) in [6, 6.07) is 13.3. The van der Waals surface area contributed by atoms with E-state index in [0.717, 1.165) is 5.56 Å². The average Bonchev–Trinajstić information content (AvgIpc) is 2.48. The molecule has 0 bridgehead atoms. The number of hydrogen-bond donors (Lipinski definition) is 0. The summed E-state index contributed by atoms with van der Waals surface area (Å²) in [4.78, 5) is 10.2. The summed E-state index contributed by atoms with van der Waals surface area (Å²) in [6.07, 6.45) is 1.62. The van der Waals surface area contributed by atoms with Crippen molar-refractivity contribution in [3.05, 3.63) is 80.2 Å². The Balaban J connectivity index is 2.03. The highest BCUT2D eigenvalue weighted by Crippen LogP contribution is 2.15. The van der Waals surface area contributed by atoms with E-state index < -0.39 is 15.7 Å². The number of non-ortho nitro benzene ring substituents is 1. The van der Waals surface area contributed by atoms with Gasteiger partial charge in [-0.05, 0) is 29.3 Å². The summed E-state index contributed by atoms with van der Waals surface area (Å²) in [6.45, 7) is 0. The number of nitro benzene ring substituents is 1. The van der Waals surface area contributed by atoms with Crippen molar-refractivity contribution in [3.63, 3.8) is 0 Å². The molecule has 1 atom stereocenters. The van der Waals surface area contributed by atoms with Crippen LogP contribution in [-0.4, -0.2) is 9.13 Å². The van der Waals surface area contributed by atoms with Crippen molar-refractivity contribution in [3.8, 4) is 0 Å². The van der Waals surface area contributed by atoms with Crippen molar-refractivity contribution in [2.45, 2.75) is 5.75 Å². The molecule has 0 aliphatic carbocycles. The van der Waals surface area contributed by atoms with Crippen LogP contribution >= 0.6 is 11.6 Å². The maximum Gasteiger partial charge on any atom is 0.270 e. The third kappa shape index (κ3) is 4.81. The summed E-state index contributed by atoms with van der Waals surface area (Å²) < 4.78 is 11.9. The summed E-state index contributed by atoms with van der Waals surface area (Å²) >= 11 is 5.78. The summed E-state index contributed by atoms with van der Waals surface area (Å²) in [5.41, 5.74) is 1.58. The van der Waals surface area contributed by atoms with Crippen LogP contribution in [0, 0.1) is 10.1 Å². The first-order chi connectivity index (χ1) is 10.0. The number of rotatable bonds is 5. The molecule has 4 nitrogen and oxygen atoms in total. The van der Waals surface area contributed by atoms with E-state index in [0.29, 0.717) is 16.3 Å². The second kappa shape index (κ2) is 7.15. The van der Waals surface area contributed by atoms with Crippen molar-refractivity contribution >= 4 is 34.2 Å². The highest BCUT2D eigenvalue weighted by atomic mass is 35.5. The minimum absolute atomic E-state index is 0.0145. The quantitative estimate of drug-likeness (QED) is 0.613. The molecule has 0 saturated heterocycles. The summed E-state index contributed by atoms with van der Waals surface area (Å²) in [7, 11) is -1.19. The molecule has 0 aliphatic rings. The van der Waals surface area contributed by atoms with E-state index in [1.807, 2.05) is 12.1 Å². The predicted octanol–water partition coefficient (Wildman–Crippen LogP) is 4.17. The average molecular weight is 322 g/mol. The van der Waals surface area contributed by atoms with Crippen LogP contribution in [0.5, 0.6) is 0 Å². The first-order valence-corrected chi connectivity index (χ1v) is 7.85. The minimum Gasteiger partial charge on any atom is -0.258 e. The molecular formula is C15H12ClNO3S. The van der Waals surface area contributed by atoms with Gasteiger partial charge in [-0.3, -0.25) is 14.3 Å². The second-order valence-electron chi connectivity index (χ2n) is 4.31. The Kier molecular flexibility index (Phi) is 5.25. The van der Waals surface area contributed by atoms with Crippen LogP contribution in [0.4, 0.5) is 5.69 Å². The highest BCUT2D eigenvalue weighted by molar-refractivity contribution is 7.87. The van der Waals surface area contributed by atoms with Crippen LogP contribution in [0.2, 0.25) is 5.02 Å². The molecule has 2 aromatic rings. The molecule has 21 heavy (non-hydrogen) atoms. The van der Waals surface area contributed by atoms with Crippen molar-refractivity contribution in [1.29, 1.82) is 0 Å². The Morgan fingerprint density at radius 1 is 1.19 bits per heavy atom. The first kappa shape index (κ1) is 15.4. The fourth-order valence-electron chi connectivity index (χ4n) is 1.69. The molecular weight excluding hydrogens is 310 g/mol. The Hall–Kier alpha value is -1.98. The van der Waals surface area contributed by atoms with Gasteiger partial charge in [0.05, 0.1) is 21.5 Å². The second-order valence-corrected chi connectivity index (χ2v) is 6.07. The molecule has 2 aromatic carbocycles. The highest BCUT2D eigenvalue weighted by Gasteiger charge is 2.04. The van der Waals surface area contributed by atoms with Crippen LogP contribution in [0.1, 0.15) is 11.1 Å². The Labute approximate surface area is 129 Å². The first-order valence-electron chi connectivity index (χ1n) is 6.09. The molecule has 0 N–H and O–H groups in total. The molecule has 1 unspecified atom stereocenters. The van der Waals surface area contributed by atoms with Crippen molar-refractivity contribution < 1.29 is 9.13 Å². The number of nitro groups is 1. The van der Waals surface area contributed by atoms with Gasteiger partial charge in [-0.25, -0.2) is 0 Å². The topological polar surface area (TPSA) is 60.2 Å². The van der Waals surface area contributed by atoms with E-state index in [1.165, 1.54) is 17.5 Å². The van der Waals surface area contributed by atoms with Gasteiger partial charge in [0, 0.05) is 22.6 Å². The van der Waals surface area contributed by atoms with E-state index in [9.17, 15) is 14.3 Å². The van der Waals surface area contributed by atoms with Crippen LogP contribution < -0.4 is 0 Å². The third-order valence-electron chi connectivity index (χ3n) is 2.72. The predicted molar refractivity (Wildman–Crippen MR) is 85.4 cm³/mol. The number of benzene rings is 2. The molecule has 2 rings (SSSR count). The lowest BCUT2D eigenvalue weighted by Gasteiger charge is -1.99. The number of halogens is 1. The van der Waals surface area contributed by atoms with E-state index in [4.69, 9.17) is 11.6 Å². The van der Waals surface area contributed by atoms with Crippen LogP contribution in [0.3, 0.4) is 0 Å². The fraction of sp³-hybridized carbons (Fsp3) is 0.0667. The van der Waals surface area contributed by atoms with Gasteiger partial charge in [-0.2, -0.15) is 0 Å². The van der Waals surface area contributed by atoms with Gasteiger partial charge < -0.3 is 0 Å². The largest absolute Gasteiger partial charge is 0.270 e. The molecule has 0 amide bonds. The zero-order chi connectivity index (χ0) is 15.2. The molecule has 0 heterocycles. The Morgan fingerprint density at radius 3 is 2.57 bits per heavy atom. The molecule has 0 fully saturated rings. The van der Waals surface area contributed by atoms with Crippen LogP contribution in [0.25, 0.3) is 6.08 Å². The zero-order valence-electron chi connectivity index (χ0n) is 10.9. The van der Waals surface area contributed by atoms with Gasteiger partial charge >= 0.3 is 0 Å². The van der Waals surface area contributed by atoms with Gasteiger partial charge in [-0.1, -0.05) is 35.9 Å². The number of hydrogen-bond acceptors (Lipinski definition) is 3. The standard InChI is InChI=1S/C15H12ClNO3S/c16-14-6-4-13(5-7-14)11-21(20)9-8-12-2-1-3-15(10-12)17(18)19/h1-10H,11H2. The van der Waals surface area contributed by atoms with Gasteiger partial charge in [0.1, 0.15) is 0 Å². The van der Waals surface area contributed by atoms with E-state index >= 15 is 0 Å². The van der Waals surface area contributed by atoms with E-state index in [2.05, 4.69) is 0 Å². The van der Waals surface area contributed by atoms with E-state index in [-0.39, 0.29) is 5.69 Å². The lowest BCUT2D eigenvalue weighted by Crippen LogP contribution is -1.91. The molecule has 0 spiro atoms. The Morgan fingerprint density at radius 2 is 1.90 bits per heavy atom. The van der Waals surface area contributed by atoms with Crippen LogP contribution in [-0.2, 0) is 16.6 Å². The zero-order valence-corrected chi connectivity index (χ0v) is 12.5. The van der Waals surface area contributed by atoms with Gasteiger partial charge in [0.15, 0.2) is 0 Å².